The van der Waals surface area contributed by atoms with E-state index in [4.69, 9.17) is 17.0 Å². The number of hydrogen-bond acceptors (Lipinski definition) is 5. The summed E-state index contributed by atoms with van der Waals surface area (Å²) in [6, 6.07) is 5.26. The maximum atomic E-state index is 14.6. The first-order valence-corrected chi connectivity index (χ1v) is 9.30. The van der Waals surface area contributed by atoms with Crippen LogP contribution in [0.25, 0.3) is 0 Å². The van der Waals surface area contributed by atoms with Gasteiger partial charge in [-0.1, -0.05) is 13.0 Å². The summed E-state index contributed by atoms with van der Waals surface area (Å²) < 4.78 is 19.5. The number of nitrogens with zero attached hydrogens (tertiary/aromatic N) is 3. The number of ether oxygens (including phenoxy) is 1. The molecular formula is C18H28FN5OS. The van der Waals surface area contributed by atoms with Crippen LogP contribution in [0.2, 0.25) is 0 Å². The summed E-state index contributed by atoms with van der Waals surface area (Å²) in [6.07, 6.45) is 0. The third-order valence-electron chi connectivity index (χ3n) is 4.44. The van der Waals surface area contributed by atoms with E-state index in [-0.39, 0.29) is 5.82 Å². The molecule has 0 aromatic heterocycles. The van der Waals surface area contributed by atoms with Crippen LogP contribution in [-0.2, 0) is 4.74 Å². The summed E-state index contributed by atoms with van der Waals surface area (Å²) in [4.78, 5) is 4.47. The largest absolute Gasteiger partial charge is 0.383 e. The van der Waals surface area contributed by atoms with Crippen LogP contribution in [-0.4, -0.2) is 68.7 Å². The molecule has 2 N–H and O–H groups in total. The number of methoxy groups -OCH3 is 1. The zero-order valence-electron chi connectivity index (χ0n) is 15.7. The number of hydrazone groups is 1. The van der Waals surface area contributed by atoms with Gasteiger partial charge in [-0.05, 0) is 37.8 Å². The maximum absolute atomic E-state index is 14.6. The minimum absolute atomic E-state index is 0.220. The van der Waals surface area contributed by atoms with E-state index in [1.807, 2.05) is 19.1 Å². The van der Waals surface area contributed by atoms with Gasteiger partial charge in [0.15, 0.2) is 5.11 Å². The average Bonchev–Trinajstić information content (AvgIpc) is 2.66. The van der Waals surface area contributed by atoms with Crippen molar-refractivity contribution in [3.05, 3.63) is 29.6 Å². The second-order valence-electron chi connectivity index (χ2n) is 6.15. The zero-order chi connectivity index (χ0) is 18.9. The number of thiocarbonyl (C=S) groups is 1. The van der Waals surface area contributed by atoms with Gasteiger partial charge in [-0.2, -0.15) is 5.10 Å². The summed E-state index contributed by atoms with van der Waals surface area (Å²) in [7, 11) is 1.63. The predicted molar refractivity (Wildman–Crippen MR) is 109 cm³/mol. The molecule has 0 saturated carbocycles. The SMILES string of the molecule is CCN1CCN(c2ccc(/C(C)=N\NC(=S)NCCOC)cc2F)CC1. The molecule has 1 aromatic rings. The Bertz CT molecular complexity index is 632. The van der Waals surface area contributed by atoms with E-state index in [9.17, 15) is 4.39 Å². The van der Waals surface area contributed by atoms with Crippen molar-refractivity contribution in [3.63, 3.8) is 0 Å². The monoisotopic (exact) mass is 381 g/mol. The van der Waals surface area contributed by atoms with Crippen molar-refractivity contribution in [1.82, 2.24) is 15.6 Å². The zero-order valence-corrected chi connectivity index (χ0v) is 16.5. The summed E-state index contributed by atoms with van der Waals surface area (Å²) in [5.41, 5.74) is 4.81. The molecule has 1 aliphatic heterocycles. The highest BCUT2D eigenvalue weighted by molar-refractivity contribution is 7.80. The van der Waals surface area contributed by atoms with Gasteiger partial charge in [0.1, 0.15) is 5.82 Å². The van der Waals surface area contributed by atoms with Crippen LogP contribution in [0.4, 0.5) is 10.1 Å². The Hall–Kier alpha value is -1.77. The number of rotatable bonds is 7. The highest BCUT2D eigenvalue weighted by atomic mass is 32.1. The van der Waals surface area contributed by atoms with E-state index >= 15 is 0 Å². The number of anilines is 1. The molecule has 0 amide bonds. The van der Waals surface area contributed by atoms with Gasteiger partial charge < -0.3 is 19.9 Å². The first-order valence-electron chi connectivity index (χ1n) is 8.89. The topological polar surface area (TPSA) is 52.1 Å². The Morgan fingerprint density at radius 3 is 2.65 bits per heavy atom. The number of benzene rings is 1. The minimum Gasteiger partial charge on any atom is -0.383 e. The Kier molecular flexibility index (Phi) is 8.21. The van der Waals surface area contributed by atoms with Crippen molar-refractivity contribution in [2.75, 3.05) is 57.9 Å². The number of halogens is 1. The van der Waals surface area contributed by atoms with Crippen LogP contribution < -0.4 is 15.6 Å². The Balaban J connectivity index is 1.95. The average molecular weight is 382 g/mol. The van der Waals surface area contributed by atoms with Crippen LogP contribution in [0.5, 0.6) is 0 Å². The fourth-order valence-electron chi connectivity index (χ4n) is 2.80. The molecule has 0 radical (unpaired) electrons. The van der Waals surface area contributed by atoms with E-state index in [0.717, 1.165) is 38.3 Å². The quantitative estimate of drug-likeness (QED) is 0.325. The lowest BCUT2D eigenvalue weighted by molar-refractivity contribution is 0.204. The van der Waals surface area contributed by atoms with Gasteiger partial charge in [0.25, 0.3) is 0 Å². The standard InChI is InChI=1S/C18H28FN5OS/c1-4-23-8-10-24(11-9-23)17-6-5-15(13-16(17)19)14(2)21-22-18(26)20-7-12-25-3/h5-6,13H,4,7-12H2,1-3H3,(H2,20,22,26)/b21-14-. The van der Waals surface area contributed by atoms with Crippen molar-refractivity contribution in [1.29, 1.82) is 0 Å². The van der Waals surface area contributed by atoms with E-state index in [0.29, 0.717) is 29.7 Å². The van der Waals surface area contributed by atoms with Crippen molar-refractivity contribution in [3.8, 4) is 0 Å². The molecule has 0 atom stereocenters. The molecule has 2 rings (SSSR count). The first kappa shape index (κ1) is 20.5. The van der Waals surface area contributed by atoms with Crippen molar-refractivity contribution >= 4 is 28.7 Å². The highest BCUT2D eigenvalue weighted by Crippen LogP contribution is 2.22. The van der Waals surface area contributed by atoms with Gasteiger partial charge in [-0.25, -0.2) is 4.39 Å². The van der Waals surface area contributed by atoms with Gasteiger partial charge in [0, 0.05) is 45.4 Å². The molecule has 0 spiro atoms. The molecule has 0 unspecified atom stereocenters. The maximum Gasteiger partial charge on any atom is 0.187 e. The van der Waals surface area contributed by atoms with Gasteiger partial charge in [-0.15, -0.1) is 0 Å². The van der Waals surface area contributed by atoms with E-state index in [1.165, 1.54) is 6.07 Å². The number of hydrogen-bond donors (Lipinski definition) is 2. The number of piperazine rings is 1. The third-order valence-corrected chi connectivity index (χ3v) is 4.68. The van der Waals surface area contributed by atoms with Crippen molar-refractivity contribution < 1.29 is 9.13 Å². The van der Waals surface area contributed by atoms with Crippen LogP contribution >= 0.6 is 12.2 Å². The molecule has 1 fully saturated rings. The summed E-state index contributed by atoms with van der Waals surface area (Å²) >= 11 is 5.12. The van der Waals surface area contributed by atoms with Gasteiger partial charge in [0.05, 0.1) is 18.0 Å². The molecule has 1 heterocycles. The lowest BCUT2D eigenvalue weighted by atomic mass is 10.1. The number of likely N-dealkylation sites (N-methyl/N-ethyl adjacent to an activating group) is 1. The molecule has 6 nitrogen and oxygen atoms in total. The molecule has 1 aliphatic rings. The summed E-state index contributed by atoms with van der Waals surface area (Å²) in [5, 5.41) is 7.59. The number of nitrogens with one attached hydrogen (secondary N) is 2. The van der Waals surface area contributed by atoms with Crippen LogP contribution in [0.15, 0.2) is 23.3 Å². The van der Waals surface area contributed by atoms with E-state index < -0.39 is 0 Å². The highest BCUT2D eigenvalue weighted by Gasteiger charge is 2.18. The molecule has 8 heteroatoms. The molecule has 1 saturated heterocycles. The van der Waals surface area contributed by atoms with Gasteiger partial charge >= 0.3 is 0 Å². The molecule has 1 aromatic carbocycles. The van der Waals surface area contributed by atoms with E-state index in [1.54, 1.807) is 7.11 Å². The van der Waals surface area contributed by atoms with E-state index in [2.05, 4.69) is 32.6 Å². The molecule has 144 valence electrons. The van der Waals surface area contributed by atoms with Crippen molar-refractivity contribution in [2.45, 2.75) is 13.8 Å². The smallest absolute Gasteiger partial charge is 0.187 e. The Morgan fingerprint density at radius 2 is 2.04 bits per heavy atom. The minimum atomic E-state index is -0.220. The summed E-state index contributed by atoms with van der Waals surface area (Å²) in [6.45, 7) is 9.81. The lowest BCUT2D eigenvalue weighted by Gasteiger charge is -2.35. The van der Waals surface area contributed by atoms with Crippen LogP contribution in [0.3, 0.4) is 0 Å². The second kappa shape index (κ2) is 10.4. The molecular weight excluding hydrogens is 353 g/mol. The molecule has 0 aliphatic carbocycles. The molecule has 0 bridgehead atoms. The normalized spacial score (nSPS) is 15.8. The fourth-order valence-corrected chi connectivity index (χ4v) is 2.95. The van der Waals surface area contributed by atoms with Crippen molar-refractivity contribution in [2.24, 2.45) is 5.10 Å². The Labute approximate surface area is 160 Å². The van der Waals surface area contributed by atoms with Crippen LogP contribution in [0, 0.1) is 5.82 Å². The predicted octanol–water partition coefficient (Wildman–Crippen LogP) is 1.80. The van der Waals surface area contributed by atoms with Gasteiger partial charge in [-0.3, -0.25) is 5.43 Å². The summed E-state index contributed by atoms with van der Waals surface area (Å²) in [5.74, 6) is -0.220. The Morgan fingerprint density at radius 1 is 1.31 bits per heavy atom. The fraction of sp³-hybridized carbons (Fsp3) is 0.556. The lowest BCUT2D eigenvalue weighted by Crippen LogP contribution is -2.46. The first-order chi connectivity index (χ1) is 12.5. The third kappa shape index (κ3) is 5.89. The van der Waals surface area contributed by atoms with Crippen LogP contribution in [0.1, 0.15) is 19.4 Å². The second-order valence-corrected chi connectivity index (χ2v) is 6.55. The molecule has 26 heavy (non-hydrogen) atoms. The van der Waals surface area contributed by atoms with Gasteiger partial charge in [0.2, 0.25) is 0 Å².